The number of hydrogen-bond acceptors (Lipinski definition) is 6. The predicted molar refractivity (Wildman–Crippen MR) is 129 cm³/mol. The minimum absolute atomic E-state index is 0. The summed E-state index contributed by atoms with van der Waals surface area (Å²) >= 11 is 2.89. The third-order valence-electron chi connectivity index (χ3n) is 3.42. The van der Waals surface area contributed by atoms with Gasteiger partial charge in [-0.3, -0.25) is 4.99 Å². The standard InChI is InChI=1S/C18H25N3O3S3.HI/c1-2-19-18(20-10-12-25-16-7-4-3-5-8-16)21-13-15(22)14-27(23,24)17-9-6-11-26-17;/h3-9,11,15,22H,2,10,12-14H2,1H3,(H2,19,20,21);1H. The summed E-state index contributed by atoms with van der Waals surface area (Å²) in [4.78, 5) is 5.50. The molecule has 3 N–H and O–H groups in total. The Morgan fingerprint density at radius 3 is 2.61 bits per heavy atom. The maximum atomic E-state index is 12.2. The van der Waals surface area contributed by atoms with Gasteiger partial charge in [-0.15, -0.1) is 47.1 Å². The highest BCUT2D eigenvalue weighted by atomic mass is 127. The van der Waals surface area contributed by atoms with Crippen LogP contribution in [0.4, 0.5) is 0 Å². The zero-order valence-electron chi connectivity index (χ0n) is 15.6. The van der Waals surface area contributed by atoms with Crippen LogP contribution in [0.5, 0.6) is 0 Å². The zero-order valence-corrected chi connectivity index (χ0v) is 20.4. The highest BCUT2D eigenvalue weighted by Crippen LogP contribution is 2.18. The van der Waals surface area contributed by atoms with Crippen molar-refractivity contribution in [1.82, 2.24) is 10.6 Å². The van der Waals surface area contributed by atoms with Crippen LogP contribution in [0.15, 0.2) is 61.9 Å². The number of thiophene rings is 1. The van der Waals surface area contributed by atoms with Crippen molar-refractivity contribution in [3.8, 4) is 0 Å². The molecule has 10 heteroatoms. The van der Waals surface area contributed by atoms with Crippen molar-refractivity contribution in [1.29, 1.82) is 0 Å². The number of aliphatic hydroxyl groups excluding tert-OH is 1. The summed E-state index contributed by atoms with van der Waals surface area (Å²) in [6.07, 6.45) is -1.05. The molecular weight excluding hydrogens is 529 g/mol. The molecule has 2 aromatic rings. The number of thioether (sulfide) groups is 1. The first-order valence-electron chi connectivity index (χ1n) is 8.65. The summed E-state index contributed by atoms with van der Waals surface area (Å²) in [5.41, 5.74) is 0. The van der Waals surface area contributed by atoms with Gasteiger partial charge in [-0.25, -0.2) is 8.42 Å². The number of rotatable bonds is 10. The molecule has 0 saturated heterocycles. The van der Waals surface area contributed by atoms with Gasteiger partial charge in [-0.05, 0) is 30.5 Å². The molecule has 0 saturated carbocycles. The first-order valence-corrected chi connectivity index (χ1v) is 12.2. The number of aliphatic imine (C=N–C) groups is 1. The second-order valence-electron chi connectivity index (χ2n) is 5.68. The van der Waals surface area contributed by atoms with E-state index in [1.807, 2.05) is 25.1 Å². The molecule has 0 aliphatic heterocycles. The van der Waals surface area contributed by atoms with E-state index in [-0.39, 0.29) is 40.5 Å². The van der Waals surface area contributed by atoms with Crippen molar-refractivity contribution < 1.29 is 13.5 Å². The Kier molecular flexibility index (Phi) is 12.1. The summed E-state index contributed by atoms with van der Waals surface area (Å²) in [7, 11) is -3.47. The van der Waals surface area contributed by atoms with E-state index >= 15 is 0 Å². The van der Waals surface area contributed by atoms with Gasteiger partial charge in [0.25, 0.3) is 0 Å². The maximum Gasteiger partial charge on any atom is 0.191 e. The van der Waals surface area contributed by atoms with Crippen LogP contribution in [0.1, 0.15) is 6.92 Å². The minimum Gasteiger partial charge on any atom is -0.390 e. The van der Waals surface area contributed by atoms with Crippen molar-refractivity contribution in [2.45, 2.75) is 22.1 Å². The van der Waals surface area contributed by atoms with Crippen LogP contribution in [0.25, 0.3) is 0 Å². The molecule has 0 spiro atoms. The number of halogens is 1. The highest BCUT2D eigenvalue weighted by molar-refractivity contribution is 14.0. The maximum absolute atomic E-state index is 12.2. The molecule has 6 nitrogen and oxygen atoms in total. The molecular formula is C18H26IN3O3S3. The fourth-order valence-corrected chi connectivity index (χ4v) is 5.48. The Bertz CT molecular complexity index is 800. The Morgan fingerprint density at radius 2 is 1.96 bits per heavy atom. The van der Waals surface area contributed by atoms with Gasteiger partial charge in [0.15, 0.2) is 15.8 Å². The van der Waals surface area contributed by atoms with E-state index in [1.54, 1.807) is 29.3 Å². The monoisotopic (exact) mass is 555 g/mol. The molecule has 0 radical (unpaired) electrons. The number of hydrogen-bond donors (Lipinski definition) is 3. The molecule has 1 atom stereocenters. The topological polar surface area (TPSA) is 90.8 Å². The molecule has 1 heterocycles. The van der Waals surface area contributed by atoms with Crippen molar-refractivity contribution in [2.24, 2.45) is 4.99 Å². The fraction of sp³-hybridized carbons (Fsp3) is 0.389. The second kappa shape index (κ2) is 13.4. The lowest BCUT2D eigenvalue weighted by Crippen LogP contribution is -2.39. The van der Waals surface area contributed by atoms with E-state index in [4.69, 9.17) is 0 Å². The number of nitrogens with zero attached hydrogens (tertiary/aromatic N) is 1. The van der Waals surface area contributed by atoms with Crippen LogP contribution >= 0.6 is 47.1 Å². The number of aliphatic hydroxyl groups is 1. The molecule has 0 bridgehead atoms. The average molecular weight is 556 g/mol. The fourth-order valence-electron chi connectivity index (χ4n) is 2.22. The molecule has 0 fully saturated rings. The van der Waals surface area contributed by atoms with Crippen molar-refractivity contribution in [3.05, 3.63) is 47.8 Å². The molecule has 0 aliphatic rings. The van der Waals surface area contributed by atoms with Crippen molar-refractivity contribution in [3.63, 3.8) is 0 Å². The lowest BCUT2D eigenvalue weighted by Gasteiger charge is -2.13. The largest absolute Gasteiger partial charge is 0.390 e. The summed E-state index contributed by atoms with van der Waals surface area (Å²) in [6, 6.07) is 13.4. The minimum atomic E-state index is -3.47. The van der Waals surface area contributed by atoms with Crippen LogP contribution in [0.3, 0.4) is 0 Å². The SMILES string of the molecule is CCNC(=NCC(O)CS(=O)(=O)c1cccs1)NCCSc1ccccc1.I. The molecule has 1 unspecified atom stereocenters. The van der Waals surface area contributed by atoms with Gasteiger partial charge < -0.3 is 15.7 Å². The van der Waals surface area contributed by atoms with Gasteiger partial charge in [-0.2, -0.15) is 0 Å². The number of nitrogens with one attached hydrogen (secondary N) is 2. The average Bonchev–Trinajstić information content (AvgIpc) is 3.19. The smallest absolute Gasteiger partial charge is 0.191 e. The summed E-state index contributed by atoms with van der Waals surface area (Å²) < 4.78 is 24.6. The van der Waals surface area contributed by atoms with Gasteiger partial charge in [-0.1, -0.05) is 24.3 Å². The van der Waals surface area contributed by atoms with Gasteiger partial charge in [0.1, 0.15) is 4.21 Å². The summed E-state index contributed by atoms with van der Waals surface area (Å²) in [6.45, 7) is 3.36. The first-order chi connectivity index (χ1) is 13.0. The van der Waals surface area contributed by atoms with Crippen LogP contribution < -0.4 is 10.6 Å². The molecule has 2 rings (SSSR count). The predicted octanol–water partition coefficient (Wildman–Crippen LogP) is 2.85. The normalized spacial score (nSPS) is 12.9. The van der Waals surface area contributed by atoms with E-state index in [9.17, 15) is 13.5 Å². The van der Waals surface area contributed by atoms with E-state index in [2.05, 4.69) is 27.8 Å². The van der Waals surface area contributed by atoms with Crippen LogP contribution in [0.2, 0.25) is 0 Å². The Balaban J connectivity index is 0.00000392. The van der Waals surface area contributed by atoms with Crippen molar-refractivity contribution >= 4 is 62.9 Å². The third kappa shape index (κ3) is 9.12. The molecule has 28 heavy (non-hydrogen) atoms. The van der Waals surface area contributed by atoms with Gasteiger partial charge in [0, 0.05) is 23.7 Å². The lowest BCUT2D eigenvalue weighted by molar-refractivity contribution is 0.206. The second-order valence-corrected chi connectivity index (χ2v) is 10.1. The van der Waals surface area contributed by atoms with E-state index in [0.29, 0.717) is 19.0 Å². The van der Waals surface area contributed by atoms with Crippen molar-refractivity contribution in [2.75, 3.05) is 31.1 Å². The molecule has 1 aromatic carbocycles. The van der Waals surface area contributed by atoms with Gasteiger partial charge in [0.2, 0.25) is 0 Å². The Hall–Kier alpha value is -0.820. The lowest BCUT2D eigenvalue weighted by atomic mass is 10.4. The Labute approximate surface area is 192 Å². The zero-order chi connectivity index (χ0) is 19.5. The third-order valence-corrected chi connectivity index (χ3v) is 7.72. The quantitative estimate of drug-likeness (QED) is 0.137. The summed E-state index contributed by atoms with van der Waals surface area (Å²) in [5.74, 6) is 1.10. The number of guanidine groups is 1. The van der Waals surface area contributed by atoms with Gasteiger partial charge in [0.05, 0.1) is 18.4 Å². The number of benzene rings is 1. The molecule has 0 aliphatic carbocycles. The van der Waals surface area contributed by atoms with E-state index in [1.165, 1.54) is 4.90 Å². The molecule has 0 amide bonds. The molecule has 1 aromatic heterocycles. The molecule has 156 valence electrons. The number of sulfone groups is 1. The van der Waals surface area contributed by atoms with E-state index < -0.39 is 15.9 Å². The highest BCUT2D eigenvalue weighted by Gasteiger charge is 2.20. The van der Waals surface area contributed by atoms with Crippen LogP contribution in [0, 0.1) is 0 Å². The van der Waals surface area contributed by atoms with Crippen LogP contribution in [-0.2, 0) is 9.84 Å². The van der Waals surface area contributed by atoms with Crippen LogP contribution in [-0.4, -0.2) is 56.7 Å². The van der Waals surface area contributed by atoms with Gasteiger partial charge >= 0.3 is 0 Å². The van der Waals surface area contributed by atoms with E-state index in [0.717, 1.165) is 17.1 Å². The first kappa shape index (κ1) is 25.2. The summed E-state index contributed by atoms with van der Waals surface area (Å²) in [5, 5.41) is 18.1. The Morgan fingerprint density at radius 1 is 1.21 bits per heavy atom.